The van der Waals surface area contributed by atoms with Crippen molar-refractivity contribution in [1.82, 2.24) is 4.90 Å². The summed E-state index contributed by atoms with van der Waals surface area (Å²) < 4.78 is 0. The molecule has 0 aromatic heterocycles. The molecule has 18 heavy (non-hydrogen) atoms. The highest BCUT2D eigenvalue weighted by molar-refractivity contribution is 5.81. The van der Waals surface area contributed by atoms with E-state index in [1.807, 2.05) is 0 Å². The first-order valence-electron chi connectivity index (χ1n) is 7.60. The predicted molar refractivity (Wildman–Crippen MR) is 70.3 cm³/mol. The maximum atomic E-state index is 12.0. The average Bonchev–Trinajstić information content (AvgIpc) is 2.57. The fourth-order valence-corrected chi connectivity index (χ4v) is 4.30. The van der Waals surface area contributed by atoms with E-state index in [2.05, 4.69) is 11.8 Å². The summed E-state index contributed by atoms with van der Waals surface area (Å²) in [5.74, 6) is 1.46. The Balaban J connectivity index is 1.64. The Morgan fingerprint density at radius 3 is 2.50 bits per heavy atom. The standard InChI is InChI=1S/C15H25NO2/c1-10-2-5-15(18)11(6-10)9-16-12-3-4-13(16)8-14(17)7-12/h10-14,17H,2-9H2,1H3. The largest absolute Gasteiger partial charge is 0.393 e. The highest BCUT2D eigenvalue weighted by atomic mass is 16.3. The summed E-state index contributed by atoms with van der Waals surface area (Å²) >= 11 is 0. The van der Waals surface area contributed by atoms with Crippen LogP contribution >= 0.6 is 0 Å². The van der Waals surface area contributed by atoms with Gasteiger partial charge < -0.3 is 5.11 Å². The smallest absolute Gasteiger partial charge is 0.137 e. The second kappa shape index (κ2) is 4.93. The van der Waals surface area contributed by atoms with Gasteiger partial charge in [0.1, 0.15) is 5.78 Å². The number of aliphatic hydroxyl groups is 1. The van der Waals surface area contributed by atoms with Crippen molar-refractivity contribution in [2.75, 3.05) is 6.54 Å². The molecule has 1 saturated carbocycles. The summed E-state index contributed by atoms with van der Waals surface area (Å²) in [7, 11) is 0. The molecule has 0 aromatic rings. The molecular formula is C15H25NO2. The molecule has 0 spiro atoms. The van der Waals surface area contributed by atoms with Crippen molar-refractivity contribution in [2.45, 2.75) is 70.1 Å². The van der Waals surface area contributed by atoms with E-state index in [1.54, 1.807) is 0 Å². The van der Waals surface area contributed by atoms with E-state index >= 15 is 0 Å². The summed E-state index contributed by atoms with van der Waals surface area (Å²) in [6.45, 7) is 3.24. The lowest BCUT2D eigenvalue weighted by Gasteiger charge is -2.40. The van der Waals surface area contributed by atoms with E-state index in [0.29, 0.717) is 23.8 Å². The summed E-state index contributed by atoms with van der Waals surface area (Å²) in [5, 5.41) is 9.81. The maximum Gasteiger partial charge on any atom is 0.137 e. The van der Waals surface area contributed by atoms with E-state index in [0.717, 1.165) is 38.6 Å². The number of nitrogens with zero attached hydrogens (tertiary/aromatic N) is 1. The Morgan fingerprint density at radius 1 is 1.17 bits per heavy atom. The van der Waals surface area contributed by atoms with Crippen LogP contribution in [0.1, 0.15) is 51.9 Å². The molecule has 102 valence electrons. The van der Waals surface area contributed by atoms with Gasteiger partial charge in [0.05, 0.1) is 6.10 Å². The minimum Gasteiger partial charge on any atom is -0.393 e. The van der Waals surface area contributed by atoms with Gasteiger partial charge in [-0.3, -0.25) is 9.69 Å². The van der Waals surface area contributed by atoms with Crippen LogP contribution < -0.4 is 0 Å². The predicted octanol–water partition coefficient (Wildman–Crippen LogP) is 1.98. The Kier molecular flexibility index (Phi) is 3.46. The van der Waals surface area contributed by atoms with Crippen molar-refractivity contribution in [2.24, 2.45) is 11.8 Å². The molecule has 0 radical (unpaired) electrons. The summed E-state index contributed by atoms with van der Waals surface area (Å²) in [5.41, 5.74) is 0. The minimum absolute atomic E-state index is 0.0975. The SMILES string of the molecule is CC1CCC(=O)C(CN2C3CCC2CC(O)C3)C1. The molecule has 0 amide bonds. The lowest BCUT2D eigenvalue weighted by Crippen LogP contribution is -2.48. The van der Waals surface area contributed by atoms with Gasteiger partial charge >= 0.3 is 0 Å². The van der Waals surface area contributed by atoms with Gasteiger partial charge in [-0.05, 0) is 44.4 Å². The van der Waals surface area contributed by atoms with Crippen molar-refractivity contribution < 1.29 is 9.90 Å². The zero-order valence-electron chi connectivity index (χ0n) is 11.3. The zero-order chi connectivity index (χ0) is 12.7. The molecule has 3 heteroatoms. The lowest BCUT2D eigenvalue weighted by atomic mass is 9.80. The van der Waals surface area contributed by atoms with Gasteiger partial charge in [-0.1, -0.05) is 6.92 Å². The number of Topliss-reactive ketones (excluding diaryl/α,β-unsaturated/α-hetero) is 1. The van der Waals surface area contributed by atoms with E-state index in [1.165, 1.54) is 12.8 Å². The van der Waals surface area contributed by atoms with Crippen molar-refractivity contribution in [3.05, 3.63) is 0 Å². The fraction of sp³-hybridized carbons (Fsp3) is 0.933. The van der Waals surface area contributed by atoms with E-state index in [9.17, 15) is 9.90 Å². The van der Waals surface area contributed by atoms with Crippen LogP contribution in [0.25, 0.3) is 0 Å². The quantitative estimate of drug-likeness (QED) is 0.816. The van der Waals surface area contributed by atoms with Gasteiger partial charge in [-0.2, -0.15) is 0 Å². The van der Waals surface area contributed by atoms with Gasteiger partial charge in [0.25, 0.3) is 0 Å². The van der Waals surface area contributed by atoms with Crippen LogP contribution in [0.15, 0.2) is 0 Å². The number of ketones is 1. The van der Waals surface area contributed by atoms with Crippen LogP contribution in [0.5, 0.6) is 0 Å². The molecule has 4 atom stereocenters. The average molecular weight is 251 g/mol. The highest BCUT2D eigenvalue weighted by Crippen LogP contribution is 2.37. The number of aliphatic hydroxyl groups excluding tert-OH is 1. The molecule has 1 N–H and O–H groups in total. The molecule has 1 aliphatic carbocycles. The third-order valence-corrected chi connectivity index (χ3v) is 5.32. The van der Waals surface area contributed by atoms with Crippen LogP contribution in [0.3, 0.4) is 0 Å². The van der Waals surface area contributed by atoms with Crippen molar-refractivity contribution >= 4 is 5.78 Å². The lowest BCUT2D eigenvalue weighted by molar-refractivity contribution is -0.126. The molecule has 3 rings (SSSR count). The molecule has 2 bridgehead atoms. The van der Waals surface area contributed by atoms with Gasteiger partial charge in [-0.25, -0.2) is 0 Å². The fourth-order valence-electron chi connectivity index (χ4n) is 4.30. The summed E-state index contributed by atoms with van der Waals surface area (Å²) in [6.07, 6.45) is 7.14. The van der Waals surface area contributed by atoms with Gasteiger partial charge in [0.15, 0.2) is 0 Å². The Morgan fingerprint density at radius 2 is 1.83 bits per heavy atom. The molecule has 2 saturated heterocycles. The van der Waals surface area contributed by atoms with Gasteiger partial charge in [0.2, 0.25) is 0 Å². The first-order chi connectivity index (χ1) is 8.63. The molecule has 3 aliphatic rings. The first kappa shape index (κ1) is 12.6. The van der Waals surface area contributed by atoms with E-state index in [-0.39, 0.29) is 12.0 Å². The zero-order valence-corrected chi connectivity index (χ0v) is 11.3. The summed E-state index contributed by atoms with van der Waals surface area (Å²) in [6, 6.07) is 1.09. The number of fused-ring (bicyclic) bond motifs is 2. The second-order valence-corrected chi connectivity index (χ2v) is 6.75. The molecule has 3 nitrogen and oxygen atoms in total. The van der Waals surface area contributed by atoms with Crippen LogP contribution in [-0.2, 0) is 4.79 Å². The highest BCUT2D eigenvalue weighted by Gasteiger charge is 2.42. The van der Waals surface area contributed by atoms with Crippen molar-refractivity contribution in [3.63, 3.8) is 0 Å². The van der Waals surface area contributed by atoms with Crippen LogP contribution in [0.2, 0.25) is 0 Å². The number of hydrogen-bond acceptors (Lipinski definition) is 3. The first-order valence-corrected chi connectivity index (χ1v) is 7.60. The second-order valence-electron chi connectivity index (χ2n) is 6.75. The number of rotatable bonds is 2. The molecule has 3 fully saturated rings. The maximum absolute atomic E-state index is 12.0. The number of carbonyl (C=O) groups excluding carboxylic acids is 1. The molecule has 4 unspecified atom stereocenters. The Labute approximate surface area is 110 Å². The van der Waals surface area contributed by atoms with Gasteiger partial charge in [-0.15, -0.1) is 0 Å². The Bertz CT molecular complexity index is 316. The van der Waals surface area contributed by atoms with Crippen LogP contribution in [0.4, 0.5) is 0 Å². The Hall–Kier alpha value is -0.410. The number of hydrogen-bond donors (Lipinski definition) is 1. The number of carbonyl (C=O) groups is 1. The summed E-state index contributed by atoms with van der Waals surface area (Å²) in [4.78, 5) is 14.6. The third kappa shape index (κ3) is 2.35. The molecule has 2 heterocycles. The van der Waals surface area contributed by atoms with Crippen molar-refractivity contribution in [1.29, 1.82) is 0 Å². The topological polar surface area (TPSA) is 40.5 Å². The normalized spacial score (nSPS) is 45.4. The van der Waals surface area contributed by atoms with Crippen LogP contribution in [0, 0.1) is 11.8 Å². The third-order valence-electron chi connectivity index (χ3n) is 5.32. The number of piperidine rings is 1. The van der Waals surface area contributed by atoms with Crippen molar-refractivity contribution in [3.8, 4) is 0 Å². The van der Waals surface area contributed by atoms with E-state index in [4.69, 9.17) is 0 Å². The molecule has 0 aromatic carbocycles. The van der Waals surface area contributed by atoms with E-state index < -0.39 is 0 Å². The molecule has 2 aliphatic heterocycles. The molecular weight excluding hydrogens is 226 g/mol. The van der Waals surface area contributed by atoms with Crippen LogP contribution in [-0.4, -0.2) is 40.5 Å². The monoisotopic (exact) mass is 251 g/mol. The minimum atomic E-state index is -0.0975. The van der Waals surface area contributed by atoms with Gasteiger partial charge in [0, 0.05) is 31.0 Å².